The molecule has 5 rings (SSSR count). The van der Waals surface area contributed by atoms with Crippen LogP contribution >= 0.6 is 0 Å². The predicted octanol–water partition coefficient (Wildman–Crippen LogP) is 5.02. The first-order valence-corrected chi connectivity index (χ1v) is 13.3. The number of aromatic nitrogens is 1. The number of rotatable bonds is 4. The van der Waals surface area contributed by atoms with E-state index < -0.39 is 5.60 Å². The molecule has 0 aromatic carbocycles. The maximum absolute atomic E-state index is 12.9. The molecular formula is C29H37N3O4. The van der Waals surface area contributed by atoms with Crippen LogP contribution in [0.2, 0.25) is 0 Å². The molecule has 4 aliphatic carbocycles. The zero-order valence-corrected chi connectivity index (χ0v) is 21.8. The first-order chi connectivity index (χ1) is 17.1. The van der Waals surface area contributed by atoms with Gasteiger partial charge in [0, 0.05) is 30.3 Å². The van der Waals surface area contributed by atoms with Crippen LogP contribution in [0.3, 0.4) is 0 Å². The van der Waals surface area contributed by atoms with E-state index in [-0.39, 0.29) is 28.5 Å². The van der Waals surface area contributed by atoms with Crippen molar-refractivity contribution in [2.24, 2.45) is 33.7 Å². The maximum Gasteiger partial charge on any atom is 0.303 e. The first-order valence-electron chi connectivity index (χ1n) is 13.3. The normalized spacial score (nSPS) is 38.3. The van der Waals surface area contributed by atoms with E-state index in [1.165, 1.54) is 12.5 Å². The number of Topliss-reactive ketones (excluding diaryl/α,β-unsaturated/α-hetero) is 1. The number of hydrogen-bond donors (Lipinski definition) is 1. The SMILES string of the molecule is CC(=O)O[C@]1(C(C)=O)CC[C@H]2[C@@H]3CCC4=CC(=NNC(=O)c5ccncc5)CC[C@]4(C)[C@H]3CC[C@@]21C. The van der Waals surface area contributed by atoms with Crippen molar-refractivity contribution in [2.75, 3.05) is 0 Å². The number of esters is 1. The number of pyridine rings is 1. The summed E-state index contributed by atoms with van der Waals surface area (Å²) in [4.78, 5) is 41.3. The van der Waals surface area contributed by atoms with Gasteiger partial charge in [-0.05, 0) is 99.7 Å². The predicted molar refractivity (Wildman–Crippen MR) is 136 cm³/mol. The number of allylic oxidation sites excluding steroid dienone is 2. The molecule has 3 fully saturated rings. The van der Waals surface area contributed by atoms with Crippen molar-refractivity contribution < 1.29 is 19.1 Å². The Balaban J connectivity index is 1.36. The molecule has 0 spiro atoms. The number of nitrogens with one attached hydrogen (secondary N) is 1. The van der Waals surface area contributed by atoms with E-state index in [0.717, 1.165) is 50.7 Å². The highest BCUT2D eigenvalue weighted by molar-refractivity contribution is 5.99. The van der Waals surface area contributed by atoms with Gasteiger partial charge < -0.3 is 4.74 Å². The van der Waals surface area contributed by atoms with E-state index in [9.17, 15) is 14.4 Å². The Morgan fingerprint density at radius 1 is 1.00 bits per heavy atom. The van der Waals surface area contributed by atoms with Crippen molar-refractivity contribution >= 4 is 23.4 Å². The lowest BCUT2D eigenvalue weighted by atomic mass is 9.46. The molecule has 1 aromatic heterocycles. The highest BCUT2D eigenvalue weighted by Gasteiger charge is 2.67. The van der Waals surface area contributed by atoms with Crippen LogP contribution in [-0.4, -0.2) is 34.0 Å². The van der Waals surface area contributed by atoms with Crippen molar-refractivity contribution in [3.63, 3.8) is 0 Å². The summed E-state index contributed by atoms with van der Waals surface area (Å²) in [5.74, 6) is 0.861. The Kier molecular flexibility index (Phi) is 6.16. The van der Waals surface area contributed by atoms with Crippen LogP contribution in [-0.2, 0) is 14.3 Å². The van der Waals surface area contributed by atoms with E-state index in [2.05, 4.69) is 35.4 Å². The fourth-order valence-corrected chi connectivity index (χ4v) is 8.41. The number of ketones is 1. The Morgan fingerprint density at radius 3 is 2.42 bits per heavy atom. The summed E-state index contributed by atoms with van der Waals surface area (Å²) in [6, 6.07) is 3.35. The molecule has 0 radical (unpaired) electrons. The zero-order chi connectivity index (χ0) is 25.7. The zero-order valence-electron chi connectivity index (χ0n) is 21.8. The molecule has 7 heteroatoms. The highest BCUT2D eigenvalue weighted by Crippen LogP contribution is 2.68. The number of hydrazone groups is 1. The molecule has 4 aliphatic rings. The van der Waals surface area contributed by atoms with E-state index >= 15 is 0 Å². The van der Waals surface area contributed by atoms with Crippen molar-refractivity contribution in [1.29, 1.82) is 0 Å². The Hall–Kier alpha value is -2.83. The van der Waals surface area contributed by atoms with Gasteiger partial charge in [0.15, 0.2) is 11.4 Å². The van der Waals surface area contributed by atoms with E-state index in [0.29, 0.717) is 29.7 Å². The minimum absolute atomic E-state index is 0.00362. The van der Waals surface area contributed by atoms with Crippen molar-refractivity contribution in [3.05, 3.63) is 41.7 Å². The molecule has 0 unspecified atom stereocenters. The molecule has 1 N–H and O–H groups in total. The number of nitrogens with zero attached hydrogens (tertiary/aromatic N) is 2. The van der Waals surface area contributed by atoms with Crippen molar-refractivity contribution in [1.82, 2.24) is 10.4 Å². The average Bonchev–Trinajstić information content (AvgIpc) is 3.15. The minimum atomic E-state index is -0.981. The molecule has 1 amide bonds. The smallest absolute Gasteiger partial charge is 0.303 e. The number of carbonyl (C=O) groups is 3. The summed E-state index contributed by atoms with van der Waals surface area (Å²) in [5, 5.41) is 4.45. The second-order valence-electron chi connectivity index (χ2n) is 11.8. The van der Waals surface area contributed by atoms with Crippen LogP contribution in [0.4, 0.5) is 0 Å². The molecular weight excluding hydrogens is 454 g/mol. The van der Waals surface area contributed by atoms with Gasteiger partial charge in [-0.1, -0.05) is 19.4 Å². The summed E-state index contributed by atoms with van der Waals surface area (Å²) in [6.45, 7) is 7.63. The summed E-state index contributed by atoms with van der Waals surface area (Å²) >= 11 is 0. The molecule has 0 bridgehead atoms. The van der Waals surface area contributed by atoms with Crippen LogP contribution in [0.15, 0.2) is 41.3 Å². The fraction of sp³-hybridized carbons (Fsp3) is 0.621. The van der Waals surface area contributed by atoms with Gasteiger partial charge in [-0.3, -0.25) is 19.4 Å². The molecule has 192 valence electrons. The van der Waals surface area contributed by atoms with Gasteiger partial charge in [0.2, 0.25) is 0 Å². The standard InChI is InChI=1S/C29H37N3O4/c1-18(33)29(36-19(2)34)14-9-25-23-6-5-21-17-22(31-32-26(35)20-10-15-30-16-11-20)7-12-27(21,3)24(23)8-13-28(25,29)4/h10-11,15-17,23-25H,5-9,12-14H2,1-4H3,(H,32,35)/t23-,24+,25+,27+,28+,29+/m1/s1. The second-order valence-corrected chi connectivity index (χ2v) is 11.8. The Labute approximate surface area is 213 Å². The summed E-state index contributed by atoms with van der Waals surface area (Å²) in [6.07, 6.45) is 12.8. The molecule has 3 saturated carbocycles. The van der Waals surface area contributed by atoms with Gasteiger partial charge in [-0.2, -0.15) is 5.10 Å². The Morgan fingerprint density at radius 2 is 1.72 bits per heavy atom. The van der Waals surface area contributed by atoms with Crippen LogP contribution in [0.25, 0.3) is 0 Å². The minimum Gasteiger partial charge on any atom is -0.451 e. The molecule has 36 heavy (non-hydrogen) atoms. The summed E-state index contributed by atoms with van der Waals surface area (Å²) in [5.41, 5.74) is 4.42. The maximum atomic E-state index is 12.9. The van der Waals surface area contributed by atoms with Gasteiger partial charge in [0.05, 0.1) is 5.71 Å². The third-order valence-electron chi connectivity index (χ3n) is 10.2. The highest BCUT2D eigenvalue weighted by atomic mass is 16.6. The summed E-state index contributed by atoms with van der Waals surface area (Å²) < 4.78 is 5.88. The largest absolute Gasteiger partial charge is 0.451 e. The van der Waals surface area contributed by atoms with E-state index in [1.54, 1.807) is 31.5 Å². The lowest BCUT2D eigenvalue weighted by Crippen LogP contribution is -2.58. The number of carbonyl (C=O) groups excluding carboxylic acids is 3. The van der Waals surface area contributed by atoms with Crippen LogP contribution in [0.5, 0.6) is 0 Å². The lowest BCUT2D eigenvalue weighted by Gasteiger charge is -2.59. The topological polar surface area (TPSA) is 97.7 Å². The molecule has 7 nitrogen and oxygen atoms in total. The average molecular weight is 492 g/mol. The van der Waals surface area contributed by atoms with Crippen LogP contribution in [0, 0.1) is 28.6 Å². The van der Waals surface area contributed by atoms with Gasteiger partial charge in [-0.15, -0.1) is 0 Å². The first kappa shape index (κ1) is 24.8. The van der Waals surface area contributed by atoms with Gasteiger partial charge in [0.1, 0.15) is 0 Å². The monoisotopic (exact) mass is 491 g/mol. The number of amides is 1. The third-order valence-corrected chi connectivity index (χ3v) is 10.2. The molecule has 1 heterocycles. The number of hydrogen-bond acceptors (Lipinski definition) is 6. The lowest BCUT2D eigenvalue weighted by molar-refractivity contribution is -0.187. The fourth-order valence-electron chi connectivity index (χ4n) is 8.41. The van der Waals surface area contributed by atoms with Crippen LogP contribution in [0.1, 0.15) is 89.4 Å². The number of ether oxygens (including phenoxy) is 1. The van der Waals surface area contributed by atoms with Crippen molar-refractivity contribution in [2.45, 2.75) is 84.7 Å². The Bertz CT molecular complexity index is 1140. The van der Waals surface area contributed by atoms with E-state index in [1.807, 2.05) is 0 Å². The number of fused-ring (bicyclic) bond motifs is 5. The molecule has 0 aliphatic heterocycles. The quantitative estimate of drug-likeness (QED) is 0.471. The van der Waals surface area contributed by atoms with Crippen molar-refractivity contribution in [3.8, 4) is 0 Å². The molecule has 6 atom stereocenters. The van der Waals surface area contributed by atoms with Crippen LogP contribution < -0.4 is 5.43 Å². The third kappa shape index (κ3) is 3.73. The van der Waals surface area contributed by atoms with Gasteiger partial charge in [0.25, 0.3) is 5.91 Å². The molecule has 1 aromatic rings. The molecule has 0 saturated heterocycles. The van der Waals surface area contributed by atoms with Gasteiger partial charge >= 0.3 is 5.97 Å². The van der Waals surface area contributed by atoms with E-state index in [4.69, 9.17) is 4.74 Å². The van der Waals surface area contributed by atoms with Gasteiger partial charge in [-0.25, -0.2) is 5.43 Å². The summed E-state index contributed by atoms with van der Waals surface area (Å²) in [7, 11) is 0. The second kappa shape index (κ2) is 8.93.